The number of hydrogen-bond donors (Lipinski definition) is 0. The first-order chi connectivity index (χ1) is 15.3. The zero-order valence-corrected chi connectivity index (χ0v) is 18.2. The van der Waals surface area contributed by atoms with E-state index in [1.807, 2.05) is 19.1 Å². The highest BCUT2D eigenvalue weighted by atomic mass is 35.5. The minimum Gasteiger partial charge on any atom is -0.483 e. The largest absolute Gasteiger partial charge is 0.483 e. The average molecular weight is 450 g/mol. The van der Waals surface area contributed by atoms with E-state index in [4.69, 9.17) is 20.8 Å². The Hall–Kier alpha value is -3.76. The molecule has 0 saturated heterocycles. The molecule has 6 nitrogen and oxygen atoms in total. The quantitative estimate of drug-likeness (QED) is 0.373. The minimum absolute atomic E-state index is 0.0464. The van der Waals surface area contributed by atoms with Crippen molar-refractivity contribution in [2.75, 3.05) is 0 Å². The Morgan fingerprint density at radius 2 is 2.00 bits per heavy atom. The van der Waals surface area contributed by atoms with Crippen molar-refractivity contribution in [3.05, 3.63) is 86.3 Å². The van der Waals surface area contributed by atoms with Gasteiger partial charge in [-0.1, -0.05) is 11.6 Å². The van der Waals surface area contributed by atoms with Crippen molar-refractivity contribution in [2.24, 2.45) is 0 Å². The molecule has 3 aromatic heterocycles. The van der Waals surface area contributed by atoms with Crippen LogP contribution in [0.15, 0.2) is 51.9 Å². The van der Waals surface area contributed by atoms with Crippen LogP contribution in [0.25, 0.3) is 22.3 Å². The third kappa shape index (κ3) is 3.93. The molecule has 8 heteroatoms. The van der Waals surface area contributed by atoms with Crippen LogP contribution in [-0.2, 0) is 0 Å². The Morgan fingerprint density at radius 3 is 2.72 bits per heavy atom. The number of aromatic nitrogens is 2. The number of nitriles is 1. The van der Waals surface area contributed by atoms with E-state index in [1.165, 1.54) is 18.3 Å². The molecule has 160 valence electrons. The molecule has 0 aliphatic carbocycles. The highest BCUT2D eigenvalue weighted by molar-refractivity contribution is 6.29. The van der Waals surface area contributed by atoms with Gasteiger partial charge in [0.25, 0.3) is 0 Å². The highest BCUT2D eigenvalue weighted by Crippen LogP contribution is 2.33. The minimum atomic E-state index is -0.600. The molecule has 1 aromatic carbocycles. The predicted molar refractivity (Wildman–Crippen MR) is 118 cm³/mol. The van der Waals surface area contributed by atoms with Gasteiger partial charge in [-0.05, 0) is 56.7 Å². The summed E-state index contributed by atoms with van der Waals surface area (Å²) in [5, 5.41) is 9.91. The summed E-state index contributed by atoms with van der Waals surface area (Å²) < 4.78 is 25.9. The summed E-state index contributed by atoms with van der Waals surface area (Å²) in [6.45, 7) is 5.26. The average Bonchev–Trinajstić information content (AvgIpc) is 2.77. The fourth-order valence-electron chi connectivity index (χ4n) is 3.53. The first kappa shape index (κ1) is 21.5. The lowest BCUT2D eigenvalue weighted by molar-refractivity contribution is 0.225. The third-order valence-electron chi connectivity index (χ3n) is 5.03. The van der Waals surface area contributed by atoms with Crippen molar-refractivity contribution in [3.63, 3.8) is 0 Å². The SMILES string of the molecule is Cc1cc([C@@H](C)Oc2ccc(Cl)nc2C#N)c2oc(-c3cncc(F)c3)c(C)c(=O)c2c1. The molecular weight excluding hydrogens is 433 g/mol. The number of aryl methyl sites for hydroxylation is 1. The molecule has 1 atom stereocenters. The molecule has 32 heavy (non-hydrogen) atoms. The molecule has 0 fully saturated rings. The van der Waals surface area contributed by atoms with E-state index in [-0.39, 0.29) is 27.8 Å². The Morgan fingerprint density at radius 1 is 1.22 bits per heavy atom. The monoisotopic (exact) mass is 449 g/mol. The maximum absolute atomic E-state index is 13.8. The van der Waals surface area contributed by atoms with E-state index in [9.17, 15) is 14.4 Å². The second kappa shape index (κ2) is 8.40. The van der Waals surface area contributed by atoms with Gasteiger partial charge in [-0.15, -0.1) is 0 Å². The molecule has 3 heterocycles. The van der Waals surface area contributed by atoms with Gasteiger partial charge < -0.3 is 9.15 Å². The van der Waals surface area contributed by atoms with Gasteiger partial charge in [0.05, 0.1) is 11.6 Å². The lowest BCUT2D eigenvalue weighted by atomic mass is 10.0. The molecule has 0 aliphatic heterocycles. The van der Waals surface area contributed by atoms with Gasteiger partial charge in [0.2, 0.25) is 0 Å². The van der Waals surface area contributed by atoms with Gasteiger partial charge in [0.1, 0.15) is 34.5 Å². The predicted octanol–water partition coefficient (Wildman–Crippen LogP) is 5.67. The topological polar surface area (TPSA) is 89.0 Å². The zero-order chi connectivity index (χ0) is 23.0. The van der Waals surface area contributed by atoms with Gasteiger partial charge in [0, 0.05) is 22.9 Å². The summed E-state index contributed by atoms with van der Waals surface area (Å²) in [6, 6.07) is 9.89. The van der Waals surface area contributed by atoms with Crippen molar-refractivity contribution >= 4 is 22.6 Å². The van der Waals surface area contributed by atoms with Crippen LogP contribution in [-0.4, -0.2) is 9.97 Å². The second-order valence-corrected chi connectivity index (χ2v) is 7.75. The van der Waals surface area contributed by atoms with E-state index in [0.29, 0.717) is 27.7 Å². The van der Waals surface area contributed by atoms with Crippen LogP contribution in [0.5, 0.6) is 5.75 Å². The Balaban J connectivity index is 1.90. The van der Waals surface area contributed by atoms with Crippen molar-refractivity contribution in [3.8, 4) is 23.1 Å². The molecule has 0 aliphatic rings. The second-order valence-electron chi connectivity index (χ2n) is 7.36. The summed E-state index contributed by atoms with van der Waals surface area (Å²) in [6.07, 6.45) is 1.92. The Kier molecular flexibility index (Phi) is 5.64. The van der Waals surface area contributed by atoms with Crippen molar-refractivity contribution in [1.82, 2.24) is 9.97 Å². The first-order valence-electron chi connectivity index (χ1n) is 9.70. The molecular formula is C24H17ClFN3O3. The third-order valence-corrected chi connectivity index (χ3v) is 5.24. The Bertz CT molecular complexity index is 1460. The van der Waals surface area contributed by atoms with Crippen LogP contribution < -0.4 is 10.2 Å². The molecule has 4 aromatic rings. The highest BCUT2D eigenvalue weighted by Gasteiger charge is 2.21. The van der Waals surface area contributed by atoms with Crippen LogP contribution in [0.1, 0.15) is 35.4 Å². The standard InChI is InChI=1S/C24H17ClFN3O3/c1-12-6-17(14(3)31-20-4-5-21(25)29-19(20)9-27)24-18(7-12)22(30)13(2)23(32-24)15-8-16(26)11-28-10-15/h4-8,10-11,14H,1-3H3/t14-/m1/s1. The van der Waals surface area contributed by atoms with E-state index < -0.39 is 11.9 Å². The smallest absolute Gasteiger partial charge is 0.196 e. The number of nitrogens with zero attached hydrogens (tertiary/aromatic N) is 3. The van der Waals surface area contributed by atoms with Crippen LogP contribution in [0.2, 0.25) is 5.15 Å². The molecule has 0 N–H and O–H groups in total. The van der Waals surface area contributed by atoms with Crippen molar-refractivity contribution in [2.45, 2.75) is 26.9 Å². The van der Waals surface area contributed by atoms with E-state index in [0.717, 1.165) is 11.8 Å². The number of rotatable bonds is 4. The molecule has 0 saturated carbocycles. The number of ether oxygens (including phenoxy) is 1. The van der Waals surface area contributed by atoms with Gasteiger partial charge in [-0.25, -0.2) is 9.37 Å². The lowest BCUT2D eigenvalue weighted by Gasteiger charge is -2.18. The summed E-state index contributed by atoms with van der Waals surface area (Å²) >= 11 is 5.87. The lowest BCUT2D eigenvalue weighted by Crippen LogP contribution is -2.12. The molecule has 0 unspecified atom stereocenters. The normalized spacial score (nSPS) is 11.9. The van der Waals surface area contributed by atoms with Crippen LogP contribution >= 0.6 is 11.6 Å². The van der Waals surface area contributed by atoms with Crippen LogP contribution in [0.3, 0.4) is 0 Å². The molecule has 0 bridgehead atoms. The fourth-order valence-corrected chi connectivity index (χ4v) is 3.68. The van der Waals surface area contributed by atoms with E-state index >= 15 is 0 Å². The fraction of sp³-hybridized carbons (Fsp3) is 0.167. The molecule has 0 amide bonds. The zero-order valence-electron chi connectivity index (χ0n) is 17.4. The summed E-state index contributed by atoms with van der Waals surface area (Å²) in [5.74, 6) is -0.0505. The number of benzene rings is 1. The van der Waals surface area contributed by atoms with Gasteiger partial charge in [-0.3, -0.25) is 9.78 Å². The number of hydrogen-bond acceptors (Lipinski definition) is 6. The van der Waals surface area contributed by atoms with E-state index in [1.54, 1.807) is 26.0 Å². The molecule has 4 rings (SSSR count). The van der Waals surface area contributed by atoms with Gasteiger partial charge in [-0.2, -0.15) is 5.26 Å². The molecule has 0 spiro atoms. The van der Waals surface area contributed by atoms with Gasteiger partial charge in [0.15, 0.2) is 16.9 Å². The van der Waals surface area contributed by atoms with Crippen LogP contribution in [0.4, 0.5) is 4.39 Å². The maximum atomic E-state index is 13.8. The number of fused-ring (bicyclic) bond motifs is 1. The molecule has 0 radical (unpaired) electrons. The van der Waals surface area contributed by atoms with Crippen molar-refractivity contribution in [1.29, 1.82) is 5.26 Å². The summed E-state index contributed by atoms with van der Waals surface area (Å²) in [4.78, 5) is 21.0. The first-order valence-corrected chi connectivity index (χ1v) is 10.1. The van der Waals surface area contributed by atoms with Crippen LogP contribution in [0, 0.1) is 31.0 Å². The van der Waals surface area contributed by atoms with Crippen molar-refractivity contribution < 1.29 is 13.5 Å². The number of halogens is 2. The van der Waals surface area contributed by atoms with Gasteiger partial charge >= 0.3 is 0 Å². The summed E-state index contributed by atoms with van der Waals surface area (Å²) in [7, 11) is 0. The summed E-state index contributed by atoms with van der Waals surface area (Å²) in [5.41, 5.74) is 2.28. The van der Waals surface area contributed by atoms with E-state index in [2.05, 4.69) is 9.97 Å². The number of pyridine rings is 2. The Labute approximate surface area is 187 Å². The maximum Gasteiger partial charge on any atom is 0.196 e.